The van der Waals surface area contributed by atoms with E-state index in [1.165, 1.54) is 11.3 Å². The second-order valence-electron chi connectivity index (χ2n) is 5.58. The van der Waals surface area contributed by atoms with E-state index in [1.54, 1.807) is 43.4 Å². The van der Waals surface area contributed by atoms with Crippen molar-refractivity contribution in [1.29, 1.82) is 0 Å². The number of thiophene rings is 1. The van der Waals surface area contributed by atoms with Crippen LogP contribution in [0, 0.1) is 6.92 Å². The molecule has 0 aliphatic carbocycles. The van der Waals surface area contributed by atoms with Gasteiger partial charge in [0.15, 0.2) is 17.2 Å². The Hall–Kier alpha value is -2.70. The molecule has 1 heterocycles. The van der Waals surface area contributed by atoms with E-state index >= 15 is 0 Å². The molecule has 5 nitrogen and oxygen atoms in total. The van der Waals surface area contributed by atoms with Crippen molar-refractivity contribution in [2.45, 2.75) is 6.92 Å². The van der Waals surface area contributed by atoms with E-state index in [0.717, 1.165) is 5.56 Å². The zero-order valence-electron chi connectivity index (χ0n) is 14.2. The number of carbonyl (C=O) groups excluding carboxylic acids is 1. The number of phenolic OH excluding ortho intramolecular Hbond substituents is 1. The molecule has 3 rings (SSSR count). The molecule has 3 N–H and O–H groups in total. The van der Waals surface area contributed by atoms with Gasteiger partial charge in [0.05, 0.1) is 21.3 Å². The van der Waals surface area contributed by atoms with Gasteiger partial charge in [0.25, 0.3) is 5.91 Å². The summed E-state index contributed by atoms with van der Waals surface area (Å²) >= 11 is 7.63. The maximum absolute atomic E-state index is 12.3. The molecule has 0 saturated carbocycles. The summed E-state index contributed by atoms with van der Waals surface area (Å²) in [7, 11) is 1.73. The largest absolute Gasteiger partial charge is 0.504 e. The van der Waals surface area contributed by atoms with Crippen molar-refractivity contribution in [2.24, 2.45) is 0 Å². The first-order valence-electron chi connectivity index (χ1n) is 7.81. The molecule has 26 heavy (non-hydrogen) atoms. The number of benzene rings is 2. The molecule has 0 fully saturated rings. The molecule has 0 aliphatic rings. The zero-order valence-corrected chi connectivity index (χ0v) is 15.7. The van der Waals surface area contributed by atoms with Crippen LogP contribution < -0.4 is 15.4 Å². The first-order chi connectivity index (χ1) is 12.5. The number of hydrogen-bond acceptors (Lipinski definition) is 5. The van der Waals surface area contributed by atoms with E-state index < -0.39 is 0 Å². The Morgan fingerprint density at radius 2 is 1.96 bits per heavy atom. The lowest BCUT2D eigenvalue weighted by atomic mass is 10.2. The van der Waals surface area contributed by atoms with Crippen LogP contribution in [-0.2, 0) is 0 Å². The van der Waals surface area contributed by atoms with Crippen molar-refractivity contribution in [3.63, 3.8) is 0 Å². The third-order valence-electron chi connectivity index (χ3n) is 3.67. The van der Waals surface area contributed by atoms with Crippen LogP contribution in [0.15, 0.2) is 47.8 Å². The Balaban J connectivity index is 1.92. The van der Waals surface area contributed by atoms with Gasteiger partial charge >= 0.3 is 0 Å². The maximum atomic E-state index is 12.3. The van der Waals surface area contributed by atoms with Crippen LogP contribution in [-0.4, -0.2) is 18.1 Å². The average molecular weight is 389 g/mol. The number of aryl methyl sites for hydroxylation is 1. The van der Waals surface area contributed by atoms with E-state index in [0.29, 0.717) is 32.8 Å². The molecule has 1 aromatic heterocycles. The minimum absolute atomic E-state index is 0.0335. The number of nitrogens with one attached hydrogen (secondary N) is 2. The average Bonchev–Trinajstić information content (AvgIpc) is 3.14. The fourth-order valence-corrected chi connectivity index (χ4v) is 3.18. The highest BCUT2D eigenvalue weighted by molar-refractivity contribution is 7.12. The maximum Gasteiger partial charge on any atom is 0.265 e. The topological polar surface area (TPSA) is 70.6 Å². The summed E-state index contributed by atoms with van der Waals surface area (Å²) in [6, 6.07) is 12.0. The molecule has 134 valence electrons. The molecule has 0 radical (unpaired) electrons. The van der Waals surface area contributed by atoms with Gasteiger partial charge in [-0.1, -0.05) is 23.7 Å². The quantitative estimate of drug-likeness (QED) is 0.539. The summed E-state index contributed by atoms with van der Waals surface area (Å²) in [6.45, 7) is 1.88. The smallest absolute Gasteiger partial charge is 0.265 e. The van der Waals surface area contributed by atoms with E-state index in [-0.39, 0.29) is 11.7 Å². The predicted molar refractivity (Wildman–Crippen MR) is 106 cm³/mol. The Labute approximate surface area is 160 Å². The van der Waals surface area contributed by atoms with Gasteiger partial charge in [0.2, 0.25) is 0 Å². The number of rotatable bonds is 5. The fourth-order valence-electron chi connectivity index (χ4n) is 2.35. The van der Waals surface area contributed by atoms with Crippen LogP contribution in [0.1, 0.15) is 15.2 Å². The fraction of sp³-hybridized carbons (Fsp3) is 0.105. The summed E-state index contributed by atoms with van der Waals surface area (Å²) in [5, 5.41) is 18.1. The van der Waals surface area contributed by atoms with Crippen LogP contribution in [0.2, 0.25) is 5.02 Å². The Kier molecular flexibility index (Phi) is 5.35. The molecule has 0 aliphatic heterocycles. The van der Waals surface area contributed by atoms with E-state index in [2.05, 4.69) is 10.6 Å². The van der Waals surface area contributed by atoms with Crippen molar-refractivity contribution in [1.82, 2.24) is 0 Å². The molecule has 0 spiro atoms. The van der Waals surface area contributed by atoms with Gasteiger partial charge in [-0.3, -0.25) is 4.79 Å². The second kappa shape index (κ2) is 7.68. The third kappa shape index (κ3) is 3.92. The molecule has 0 bridgehead atoms. The van der Waals surface area contributed by atoms with Gasteiger partial charge in [-0.25, -0.2) is 0 Å². The first kappa shape index (κ1) is 18.1. The summed E-state index contributed by atoms with van der Waals surface area (Å²) in [5.41, 5.74) is 1.97. The number of aromatic hydroxyl groups is 1. The van der Waals surface area contributed by atoms with Crippen LogP contribution in [0.5, 0.6) is 17.2 Å². The number of anilines is 2. The summed E-state index contributed by atoms with van der Waals surface area (Å²) in [6.07, 6.45) is 0. The monoisotopic (exact) mass is 388 g/mol. The van der Waals surface area contributed by atoms with Gasteiger partial charge < -0.3 is 20.5 Å². The van der Waals surface area contributed by atoms with Gasteiger partial charge in [0, 0.05) is 13.1 Å². The lowest BCUT2D eigenvalue weighted by Crippen LogP contribution is -2.10. The van der Waals surface area contributed by atoms with Crippen molar-refractivity contribution < 1.29 is 14.6 Å². The van der Waals surface area contributed by atoms with Crippen LogP contribution in [0.4, 0.5) is 11.4 Å². The molecular weight excluding hydrogens is 372 g/mol. The van der Waals surface area contributed by atoms with Gasteiger partial charge in [0.1, 0.15) is 0 Å². The highest BCUT2D eigenvalue weighted by Gasteiger charge is 2.15. The predicted octanol–water partition coefficient (Wildman–Crippen LogP) is 5.50. The molecule has 2 aromatic carbocycles. The van der Waals surface area contributed by atoms with Crippen LogP contribution in [0.25, 0.3) is 0 Å². The Morgan fingerprint density at radius 3 is 2.62 bits per heavy atom. The highest BCUT2D eigenvalue weighted by atomic mass is 35.5. The summed E-state index contributed by atoms with van der Waals surface area (Å²) < 4.78 is 5.83. The zero-order chi connectivity index (χ0) is 18.7. The van der Waals surface area contributed by atoms with E-state index in [4.69, 9.17) is 16.3 Å². The molecule has 0 unspecified atom stereocenters. The first-order valence-corrected chi connectivity index (χ1v) is 9.07. The van der Waals surface area contributed by atoms with Crippen molar-refractivity contribution in [3.05, 3.63) is 63.3 Å². The number of phenols is 1. The van der Waals surface area contributed by atoms with Crippen LogP contribution in [0.3, 0.4) is 0 Å². The molecular formula is C19H17ClN2O3S. The lowest BCUT2D eigenvalue weighted by molar-refractivity contribution is 0.103. The summed E-state index contributed by atoms with van der Waals surface area (Å²) in [5.74, 6) is 0.525. The third-order valence-corrected chi connectivity index (χ3v) is 4.85. The Bertz CT molecular complexity index is 942. The molecule has 0 atom stereocenters. The standard InChI is InChI=1S/C19H17ClN2O3S/c1-11-5-6-16(15(23)8-11)25-17-10-13(12(20)9-14(17)21-2)22-19(24)18-4-3-7-26-18/h3-10,21,23H,1-2H3,(H,22,24). The van der Waals surface area contributed by atoms with E-state index in [1.807, 2.05) is 18.4 Å². The molecule has 7 heteroatoms. The normalized spacial score (nSPS) is 10.4. The molecule has 3 aromatic rings. The van der Waals surface area contributed by atoms with Crippen molar-refractivity contribution in [3.8, 4) is 17.2 Å². The van der Waals surface area contributed by atoms with Gasteiger partial charge in [-0.15, -0.1) is 11.3 Å². The number of hydrogen-bond donors (Lipinski definition) is 3. The number of carbonyl (C=O) groups is 1. The number of amides is 1. The van der Waals surface area contributed by atoms with Crippen molar-refractivity contribution >= 4 is 40.2 Å². The summed E-state index contributed by atoms with van der Waals surface area (Å²) in [4.78, 5) is 12.9. The second-order valence-corrected chi connectivity index (χ2v) is 6.94. The number of ether oxygens (including phenoxy) is 1. The minimum atomic E-state index is -0.247. The van der Waals surface area contributed by atoms with Crippen molar-refractivity contribution in [2.75, 3.05) is 17.7 Å². The van der Waals surface area contributed by atoms with Gasteiger partial charge in [-0.2, -0.15) is 0 Å². The SMILES string of the molecule is CNc1cc(Cl)c(NC(=O)c2cccs2)cc1Oc1ccc(C)cc1O. The van der Waals surface area contributed by atoms with Crippen LogP contribution >= 0.6 is 22.9 Å². The minimum Gasteiger partial charge on any atom is -0.504 e. The highest BCUT2D eigenvalue weighted by Crippen LogP contribution is 2.39. The molecule has 1 amide bonds. The van der Waals surface area contributed by atoms with E-state index in [9.17, 15) is 9.90 Å². The number of halogens is 1. The van der Waals surface area contributed by atoms with Gasteiger partial charge in [-0.05, 0) is 42.1 Å². The molecule has 0 saturated heterocycles. The lowest BCUT2D eigenvalue weighted by Gasteiger charge is -2.15. The Morgan fingerprint density at radius 1 is 1.15 bits per heavy atom.